The molecule has 0 saturated carbocycles. The standard InChI is InChI=1S/C12H24N2O4/c1-9(2)8-18-5-4-13-12(17)14-7-10(3)6-11(15)16/h9-10H,4-8H2,1-3H3,(H,15,16)(H2,13,14,17). The quantitative estimate of drug-likeness (QED) is 0.541. The summed E-state index contributed by atoms with van der Waals surface area (Å²) in [7, 11) is 0. The molecule has 0 rings (SSSR count). The minimum Gasteiger partial charge on any atom is -0.481 e. The number of carboxylic acids is 1. The molecule has 0 fully saturated rings. The van der Waals surface area contributed by atoms with E-state index in [1.807, 2.05) is 0 Å². The van der Waals surface area contributed by atoms with Crippen LogP contribution >= 0.6 is 0 Å². The summed E-state index contributed by atoms with van der Waals surface area (Å²) >= 11 is 0. The molecule has 0 aliphatic carbocycles. The van der Waals surface area contributed by atoms with Crippen molar-refractivity contribution in [2.45, 2.75) is 27.2 Å². The maximum atomic E-state index is 11.3. The van der Waals surface area contributed by atoms with E-state index in [2.05, 4.69) is 24.5 Å². The summed E-state index contributed by atoms with van der Waals surface area (Å²) < 4.78 is 5.30. The molecule has 1 atom stereocenters. The number of amides is 2. The molecule has 0 aromatic carbocycles. The zero-order chi connectivity index (χ0) is 14.0. The van der Waals surface area contributed by atoms with Gasteiger partial charge >= 0.3 is 12.0 Å². The topological polar surface area (TPSA) is 87.7 Å². The highest BCUT2D eigenvalue weighted by molar-refractivity contribution is 5.73. The highest BCUT2D eigenvalue weighted by atomic mass is 16.5. The van der Waals surface area contributed by atoms with Crippen LogP contribution in [0, 0.1) is 11.8 Å². The van der Waals surface area contributed by atoms with Crippen molar-refractivity contribution in [2.75, 3.05) is 26.3 Å². The third-order valence-corrected chi connectivity index (χ3v) is 2.12. The van der Waals surface area contributed by atoms with Crippen molar-refractivity contribution < 1.29 is 19.4 Å². The predicted molar refractivity (Wildman–Crippen MR) is 68.5 cm³/mol. The molecule has 0 aromatic heterocycles. The van der Waals surface area contributed by atoms with Crippen LogP contribution in [-0.4, -0.2) is 43.4 Å². The number of carbonyl (C=O) groups is 2. The van der Waals surface area contributed by atoms with Gasteiger partial charge in [0.05, 0.1) is 6.61 Å². The van der Waals surface area contributed by atoms with Gasteiger partial charge in [-0.05, 0) is 11.8 Å². The summed E-state index contributed by atoms with van der Waals surface area (Å²) in [5.74, 6) is -0.451. The molecule has 1 unspecified atom stereocenters. The summed E-state index contributed by atoms with van der Waals surface area (Å²) in [4.78, 5) is 21.7. The van der Waals surface area contributed by atoms with Crippen molar-refractivity contribution in [1.82, 2.24) is 10.6 Å². The van der Waals surface area contributed by atoms with Crippen molar-refractivity contribution in [2.24, 2.45) is 11.8 Å². The van der Waals surface area contributed by atoms with Crippen molar-refractivity contribution in [3.8, 4) is 0 Å². The summed E-state index contributed by atoms with van der Waals surface area (Å²) in [6, 6.07) is -0.291. The minimum absolute atomic E-state index is 0.0534. The molecule has 0 aromatic rings. The number of hydrogen-bond donors (Lipinski definition) is 3. The maximum Gasteiger partial charge on any atom is 0.314 e. The van der Waals surface area contributed by atoms with Gasteiger partial charge in [-0.3, -0.25) is 4.79 Å². The Hall–Kier alpha value is -1.30. The van der Waals surface area contributed by atoms with Gasteiger partial charge in [0.15, 0.2) is 0 Å². The van der Waals surface area contributed by atoms with E-state index in [1.165, 1.54) is 0 Å². The Morgan fingerprint density at radius 1 is 1.22 bits per heavy atom. The van der Waals surface area contributed by atoms with Crippen LogP contribution in [0.25, 0.3) is 0 Å². The third kappa shape index (κ3) is 11.2. The average Bonchev–Trinajstić information content (AvgIpc) is 2.24. The summed E-state index contributed by atoms with van der Waals surface area (Å²) in [6.07, 6.45) is 0.0534. The largest absolute Gasteiger partial charge is 0.481 e. The lowest BCUT2D eigenvalue weighted by Gasteiger charge is -2.12. The number of carbonyl (C=O) groups excluding carboxylic acids is 1. The molecule has 0 bridgehead atoms. The second kappa shape index (κ2) is 9.70. The van der Waals surface area contributed by atoms with Crippen LogP contribution < -0.4 is 10.6 Å². The van der Waals surface area contributed by atoms with Crippen LogP contribution in [0.2, 0.25) is 0 Å². The Morgan fingerprint density at radius 2 is 1.89 bits per heavy atom. The Kier molecular flexibility index (Phi) is 9.00. The highest BCUT2D eigenvalue weighted by Crippen LogP contribution is 1.98. The third-order valence-electron chi connectivity index (χ3n) is 2.12. The van der Waals surface area contributed by atoms with E-state index >= 15 is 0 Å². The normalized spacial score (nSPS) is 12.2. The van der Waals surface area contributed by atoms with Gasteiger partial charge in [-0.15, -0.1) is 0 Å². The first-order chi connectivity index (χ1) is 8.41. The van der Waals surface area contributed by atoms with E-state index in [1.54, 1.807) is 6.92 Å². The summed E-state index contributed by atoms with van der Waals surface area (Å²) in [5.41, 5.74) is 0. The first kappa shape index (κ1) is 16.7. The number of hydrogen-bond acceptors (Lipinski definition) is 3. The molecule has 0 saturated heterocycles. The lowest BCUT2D eigenvalue weighted by molar-refractivity contribution is -0.137. The summed E-state index contributed by atoms with van der Waals surface area (Å²) in [5, 5.41) is 13.8. The maximum absolute atomic E-state index is 11.3. The fraction of sp³-hybridized carbons (Fsp3) is 0.833. The molecule has 0 heterocycles. The lowest BCUT2D eigenvalue weighted by atomic mass is 10.1. The second-order valence-electron chi connectivity index (χ2n) is 4.81. The van der Waals surface area contributed by atoms with Gasteiger partial charge in [0.1, 0.15) is 0 Å². The Labute approximate surface area is 108 Å². The van der Waals surface area contributed by atoms with Gasteiger partial charge in [0, 0.05) is 26.1 Å². The average molecular weight is 260 g/mol. The van der Waals surface area contributed by atoms with Crippen LogP contribution in [0.15, 0.2) is 0 Å². The van der Waals surface area contributed by atoms with Crippen molar-refractivity contribution in [3.63, 3.8) is 0 Å². The molecule has 0 aliphatic heterocycles. The van der Waals surface area contributed by atoms with Crippen LogP contribution in [0.1, 0.15) is 27.2 Å². The number of nitrogens with one attached hydrogen (secondary N) is 2. The summed E-state index contributed by atoms with van der Waals surface area (Å²) in [6.45, 7) is 7.86. The van der Waals surface area contributed by atoms with E-state index in [0.717, 1.165) is 0 Å². The Morgan fingerprint density at radius 3 is 2.44 bits per heavy atom. The molecular formula is C12H24N2O4. The molecule has 6 heteroatoms. The number of rotatable bonds is 9. The van der Waals surface area contributed by atoms with Crippen molar-refractivity contribution in [3.05, 3.63) is 0 Å². The zero-order valence-electron chi connectivity index (χ0n) is 11.4. The molecule has 3 N–H and O–H groups in total. The second-order valence-corrected chi connectivity index (χ2v) is 4.81. The molecular weight excluding hydrogens is 236 g/mol. The molecule has 0 radical (unpaired) electrons. The fourth-order valence-electron chi connectivity index (χ4n) is 1.26. The van der Waals surface area contributed by atoms with E-state index in [9.17, 15) is 9.59 Å². The highest BCUT2D eigenvalue weighted by Gasteiger charge is 2.08. The Balaban J connectivity index is 3.45. The van der Waals surface area contributed by atoms with E-state index in [0.29, 0.717) is 32.2 Å². The van der Waals surface area contributed by atoms with Crippen molar-refractivity contribution >= 4 is 12.0 Å². The van der Waals surface area contributed by atoms with Gasteiger partial charge in [0.25, 0.3) is 0 Å². The number of urea groups is 1. The van der Waals surface area contributed by atoms with Crippen LogP contribution in [0.3, 0.4) is 0 Å². The monoisotopic (exact) mass is 260 g/mol. The smallest absolute Gasteiger partial charge is 0.314 e. The number of ether oxygens (including phenoxy) is 1. The molecule has 18 heavy (non-hydrogen) atoms. The molecule has 0 spiro atoms. The SMILES string of the molecule is CC(C)COCCNC(=O)NCC(C)CC(=O)O. The number of aliphatic carboxylic acids is 1. The van der Waals surface area contributed by atoms with Gasteiger partial charge in [-0.1, -0.05) is 20.8 Å². The van der Waals surface area contributed by atoms with E-state index in [4.69, 9.17) is 9.84 Å². The number of carboxylic acid groups (broad SMARTS) is 1. The van der Waals surface area contributed by atoms with Gasteiger partial charge in [-0.25, -0.2) is 4.79 Å². The van der Waals surface area contributed by atoms with Gasteiger partial charge < -0.3 is 20.5 Å². The van der Waals surface area contributed by atoms with E-state index < -0.39 is 5.97 Å². The first-order valence-corrected chi connectivity index (χ1v) is 6.23. The fourth-order valence-corrected chi connectivity index (χ4v) is 1.26. The predicted octanol–water partition coefficient (Wildman–Crippen LogP) is 1.07. The molecule has 106 valence electrons. The molecule has 6 nitrogen and oxygen atoms in total. The molecule has 0 aliphatic rings. The van der Waals surface area contributed by atoms with Crippen LogP contribution in [0.4, 0.5) is 4.79 Å². The van der Waals surface area contributed by atoms with Gasteiger partial charge in [0.2, 0.25) is 0 Å². The van der Waals surface area contributed by atoms with Crippen LogP contribution in [-0.2, 0) is 9.53 Å². The zero-order valence-corrected chi connectivity index (χ0v) is 11.4. The van der Waals surface area contributed by atoms with Gasteiger partial charge in [-0.2, -0.15) is 0 Å². The van der Waals surface area contributed by atoms with E-state index in [-0.39, 0.29) is 18.4 Å². The minimum atomic E-state index is -0.855. The molecule has 2 amide bonds. The van der Waals surface area contributed by atoms with Crippen molar-refractivity contribution in [1.29, 1.82) is 0 Å². The Bertz CT molecular complexity index is 256. The lowest BCUT2D eigenvalue weighted by Crippen LogP contribution is -2.39. The van der Waals surface area contributed by atoms with Crippen LogP contribution in [0.5, 0.6) is 0 Å². The first-order valence-electron chi connectivity index (χ1n) is 6.23.